The van der Waals surface area contributed by atoms with Crippen LogP contribution < -0.4 is 10.6 Å². The lowest BCUT2D eigenvalue weighted by Crippen LogP contribution is -2.43. The number of carboxylic acid groups (broad SMARTS) is 1. The highest BCUT2D eigenvalue weighted by atomic mass is 19.4. The Labute approximate surface area is 218 Å². The van der Waals surface area contributed by atoms with Crippen LogP contribution in [0.2, 0.25) is 0 Å². The second kappa shape index (κ2) is 10.1. The Kier molecular flexibility index (Phi) is 7.60. The second-order valence-electron chi connectivity index (χ2n) is 9.44. The van der Waals surface area contributed by atoms with Gasteiger partial charge in [0.25, 0.3) is 5.91 Å². The van der Waals surface area contributed by atoms with Crippen LogP contribution >= 0.6 is 0 Å². The number of nitriles is 1. The SMILES string of the molecule is CC1(C)C(=O)N(c2ccc(C#N)c(C3CC3)c2)C(=O)N1Cc1cc(C(F)(F)F)ccc1N.O=C(O)C(F)(F)F. The number of nitrogens with zero attached hydrogens (tertiary/aromatic N) is 3. The largest absolute Gasteiger partial charge is 0.490 e. The number of anilines is 2. The van der Waals surface area contributed by atoms with E-state index >= 15 is 0 Å². The van der Waals surface area contributed by atoms with Gasteiger partial charge in [0.1, 0.15) is 5.54 Å². The van der Waals surface area contributed by atoms with Gasteiger partial charge in [0.05, 0.1) is 29.4 Å². The van der Waals surface area contributed by atoms with Gasteiger partial charge in [0.15, 0.2) is 0 Å². The number of benzene rings is 2. The van der Waals surface area contributed by atoms with Gasteiger partial charge in [0, 0.05) is 5.69 Å². The van der Waals surface area contributed by atoms with Crippen molar-refractivity contribution < 1.29 is 45.8 Å². The summed E-state index contributed by atoms with van der Waals surface area (Å²) in [5.74, 6) is -3.03. The quantitative estimate of drug-likeness (QED) is 0.294. The van der Waals surface area contributed by atoms with E-state index in [4.69, 9.17) is 15.6 Å². The molecule has 0 aromatic heterocycles. The van der Waals surface area contributed by atoms with Gasteiger partial charge in [-0.2, -0.15) is 31.6 Å². The number of alkyl halides is 6. The van der Waals surface area contributed by atoms with Gasteiger partial charge < -0.3 is 15.7 Å². The molecule has 1 saturated heterocycles. The number of nitrogen functional groups attached to an aromatic ring is 1. The zero-order valence-electron chi connectivity index (χ0n) is 20.5. The Bertz CT molecular complexity index is 1360. The number of carbonyl (C=O) groups excluding carboxylic acids is 2. The Morgan fingerprint density at radius 3 is 2.18 bits per heavy atom. The summed E-state index contributed by atoms with van der Waals surface area (Å²) >= 11 is 0. The van der Waals surface area contributed by atoms with Crippen LogP contribution in [0.3, 0.4) is 0 Å². The first-order valence-electron chi connectivity index (χ1n) is 11.4. The predicted molar refractivity (Wildman–Crippen MR) is 125 cm³/mol. The van der Waals surface area contributed by atoms with Gasteiger partial charge in [-0.3, -0.25) is 4.79 Å². The van der Waals surface area contributed by atoms with Crippen molar-refractivity contribution in [3.05, 3.63) is 58.7 Å². The first kappa shape index (κ1) is 29.3. The molecule has 1 saturated carbocycles. The van der Waals surface area contributed by atoms with Crippen LogP contribution in [0.25, 0.3) is 0 Å². The van der Waals surface area contributed by atoms with Gasteiger partial charge >= 0.3 is 24.4 Å². The van der Waals surface area contributed by atoms with Gasteiger partial charge in [-0.05, 0) is 80.1 Å². The molecule has 3 N–H and O–H groups in total. The van der Waals surface area contributed by atoms with E-state index in [0.29, 0.717) is 11.3 Å². The summed E-state index contributed by atoms with van der Waals surface area (Å²) in [7, 11) is 0. The number of carbonyl (C=O) groups is 3. The van der Waals surface area contributed by atoms with Crippen molar-refractivity contribution in [2.75, 3.05) is 10.6 Å². The minimum absolute atomic E-state index is 0.0990. The smallest absolute Gasteiger partial charge is 0.475 e. The summed E-state index contributed by atoms with van der Waals surface area (Å²) in [6, 6.07) is 9.22. The van der Waals surface area contributed by atoms with Gasteiger partial charge in [-0.1, -0.05) is 0 Å². The maximum atomic E-state index is 13.3. The van der Waals surface area contributed by atoms with Crippen molar-refractivity contribution in [3.8, 4) is 6.07 Å². The molecule has 4 rings (SSSR count). The first-order chi connectivity index (χ1) is 17.9. The molecule has 0 radical (unpaired) electrons. The Morgan fingerprint density at radius 2 is 1.69 bits per heavy atom. The number of imide groups is 1. The number of halogens is 6. The summed E-state index contributed by atoms with van der Waals surface area (Å²) in [5.41, 5.74) is 5.55. The molecule has 3 amide bonds. The lowest BCUT2D eigenvalue weighted by atomic mass is 10.0. The van der Waals surface area contributed by atoms with E-state index in [1.165, 1.54) is 4.90 Å². The van der Waals surface area contributed by atoms with Crippen LogP contribution in [0, 0.1) is 11.3 Å². The second-order valence-corrected chi connectivity index (χ2v) is 9.44. The third kappa shape index (κ3) is 6.08. The van der Waals surface area contributed by atoms with Crippen molar-refractivity contribution in [1.29, 1.82) is 5.26 Å². The molecule has 1 aliphatic carbocycles. The summed E-state index contributed by atoms with van der Waals surface area (Å²) in [6.45, 7) is 2.83. The molecule has 14 heteroatoms. The fourth-order valence-corrected chi connectivity index (χ4v) is 3.94. The maximum absolute atomic E-state index is 13.3. The highest BCUT2D eigenvalue weighted by Gasteiger charge is 2.52. The summed E-state index contributed by atoms with van der Waals surface area (Å²) < 4.78 is 71.2. The lowest BCUT2D eigenvalue weighted by Gasteiger charge is -2.28. The molecular weight excluding hydrogens is 534 g/mol. The van der Waals surface area contributed by atoms with E-state index in [1.807, 2.05) is 0 Å². The molecule has 8 nitrogen and oxygen atoms in total. The van der Waals surface area contributed by atoms with E-state index in [2.05, 4.69) is 6.07 Å². The number of carboxylic acids is 1. The summed E-state index contributed by atoms with van der Waals surface area (Å²) in [4.78, 5) is 37.6. The van der Waals surface area contributed by atoms with Gasteiger partial charge in [0.2, 0.25) is 0 Å². The lowest BCUT2D eigenvalue weighted by molar-refractivity contribution is -0.192. The van der Waals surface area contributed by atoms with E-state index in [1.54, 1.807) is 32.0 Å². The molecule has 0 unspecified atom stereocenters. The number of urea groups is 1. The average molecular weight is 556 g/mol. The van der Waals surface area contributed by atoms with Crippen LogP contribution in [0.15, 0.2) is 36.4 Å². The maximum Gasteiger partial charge on any atom is 0.490 e. The van der Waals surface area contributed by atoms with Crippen molar-refractivity contribution in [3.63, 3.8) is 0 Å². The van der Waals surface area contributed by atoms with Gasteiger partial charge in [-0.15, -0.1) is 0 Å². The van der Waals surface area contributed by atoms with E-state index in [9.17, 15) is 41.2 Å². The number of hydrogen-bond donors (Lipinski definition) is 2. The first-order valence-corrected chi connectivity index (χ1v) is 11.4. The Balaban J connectivity index is 0.000000532. The van der Waals surface area contributed by atoms with Crippen molar-refractivity contribution in [1.82, 2.24) is 4.90 Å². The zero-order chi connectivity index (χ0) is 29.5. The molecule has 208 valence electrons. The normalized spacial score (nSPS) is 17.0. The molecule has 1 aliphatic heterocycles. The molecule has 2 aliphatic rings. The van der Waals surface area contributed by atoms with Crippen LogP contribution in [-0.2, 0) is 22.3 Å². The fraction of sp³-hybridized carbons (Fsp3) is 0.360. The summed E-state index contributed by atoms with van der Waals surface area (Å²) in [5, 5.41) is 16.5. The molecule has 39 heavy (non-hydrogen) atoms. The fourth-order valence-electron chi connectivity index (χ4n) is 3.94. The monoisotopic (exact) mass is 556 g/mol. The standard InChI is InChI=1S/C23H21F3N4O2.C2HF3O2/c1-22(2)20(31)30(17-7-5-14(11-27)18(10-17)13-3-4-13)21(32)29(22)12-15-9-16(23(24,25)26)6-8-19(15)28;3-2(4,5)1(6)7/h5-10,13H,3-4,12,28H2,1-2H3;(H,6,7). The van der Waals surface area contributed by atoms with Crippen LogP contribution in [0.1, 0.15) is 54.9 Å². The highest BCUT2D eigenvalue weighted by Crippen LogP contribution is 2.44. The van der Waals surface area contributed by atoms with E-state index in [-0.39, 0.29) is 23.7 Å². The third-order valence-corrected chi connectivity index (χ3v) is 6.30. The van der Waals surface area contributed by atoms with Gasteiger partial charge in [-0.25, -0.2) is 14.5 Å². The van der Waals surface area contributed by atoms with Crippen LogP contribution in [0.5, 0.6) is 0 Å². The number of rotatable bonds is 4. The molecular formula is C25H22F6N4O4. The zero-order valence-corrected chi connectivity index (χ0v) is 20.5. The van der Waals surface area contributed by atoms with Crippen LogP contribution in [0.4, 0.5) is 42.5 Å². The molecule has 0 bridgehead atoms. The van der Waals surface area contributed by atoms with Crippen molar-refractivity contribution in [2.24, 2.45) is 0 Å². The molecule has 2 aromatic rings. The Morgan fingerprint density at radius 1 is 1.10 bits per heavy atom. The third-order valence-electron chi connectivity index (χ3n) is 6.30. The molecule has 0 spiro atoms. The average Bonchev–Trinajstić information content (AvgIpc) is 3.65. The molecule has 2 fully saturated rings. The van der Waals surface area contributed by atoms with E-state index < -0.39 is 41.4 Å². The number of aliphatic carboxylic acids is 1. The highest BCUT2D eigenvalue weighted by molar-refractivity contribution is 6.23. The van der Waals surface area contributed by atoms with Crippen LogP contribution in [-0.4, -0.2) is 39.6 Å². The Hall–Kier alpha value is -4.28. The van der Waals surface area contributed by atoms with Crippen molar-refractivity contribution in [2.45, 2.75) is 57.0 Å². The minimum Gasteiger partial charge on any atom is -0.475 e. The topological polar surface area (TPSA) is 128 Å². The molecule has 0 atom stereocenters. The number of amides is 3. The molecule has 1 heterocycles. The molecule has 2 aromatic carbocycles. The van der Waals surface area contributed by atoms with E-state index in [0.717, 1.165) is 41.5 Å². The summed E-state index contributed by atoms with van der Waals surface area (Å²) in [6.07, 6.45) is -7.77. The minimum atomic E-state index is -5.08. The number of nitrogens with two attached hydrogens (primary N) is 1. The number of hydrogen-bond acceptors (Lipinski definition) is 5. The predicted octanol–water partition coefficient (Wildman–Crippen LogP) is 5.42. The van der Waals surface area contributed by atoms with Crippen molar-refractivity contribution >= 4 is 29.3 Å².